The average Bonchev–Trinajstić information content (AvgIpc) is 3.04. The smallest absolute Gasteiger partial charge is 0.250 e. The van der Waals surface area contributed by atoms with Crippen LogP contribution >= 0.6 is 0 Å². The molecule has 2 atom stereocenters. The zero-order valence-corrected chi connectivity index (χ0v) is 20.3. The Balaban J connectivity index is 1.60. The molecule has 0 aromatic carbocycles. The van der Waals surface area contributed by atoms with Gasteiger partial charge in [-0.3, -0.25) is 4.79 Å². The molecule has 0 bridgehead atoms. The maximum atomic E-state index is 11.8. The van der Waals surface area contributed by atoms with Crippen LogP contribution in [0.4, 0.5) is 23.3 Å². The summed E-state index contributed by atoms with van der Waals surface area (Å²) in [6, 6.07) is 9.49. The lowest BCUT2D eigenvalue weighted by atomic mass is 9.73. The van der Waals surface area contributed by atoms with Crippen molar-refractivity contribution in [3.8, 4) is 0 Å². The van der Waals surface area contributed by atoms with Crippen molar-refractivity contribution in [3.05, 3.63) is 64.3 Å². The minimum Gasteiger partial charge on any atom is -0.374 e. The largest absolute Gasteiger partial charge is 0.374 e. The summed E-state index contributed by atoms with van der Waals surface area (Å²) < 4.78 is 7.80. The molecule has 5 rings (SSSR count). The second-order valence-electron chi connectivity index (χ2n) is 10.00. The van der Waals surface area contributed by atoms with Crippen LogP contribution in [0.15, 0.2) is 47.5 Å². The van der Waals surface area contributed by atoms with Gasteiger partial charge in [0.15, 0.2) is 0 Å². The fourth-order valence-corrected chi connectivity index (χ4v) is 4.94. The highest BCUT2D eigenvalue weighted by molar-refractivity contribution is 5.71. The van der Waals surface area contributed by atoms with Crippen molar-refractivity contribution < 1.29 is 4.74 Å². The molecule has 2 N–H and O–H groups in total. The first-order valence-electron chi connectivity index (χ1n) is 11.6. The van der Waals surface area contributed by atoms with Crippen LogP contribution in [-0.2, 0) is 23.7 Å². The number of ether oxygens (including phenoxy) is 1. The highest BCUT2D eigenvalue weighted by Gasteiger charge is 2.55. The van der Waals surface area contributed by atoms with E-state index in [4.69, 9.17) is 14.7 Å². The predicted octanol–water partition coefficient (Wildman–Crippen LogP) is 3.01. The van der Waals surface area contributed by atoms with Crippen molar-refractivity contribution in [2.75, 3.05) is 23.9 Å². The summed E-state index contributed by atoms with van der Waals surface area (Å²) in [7, 11) is 3.64. The zero-order valence-electron chi connectivity index (χ0n) is 20.3. The molecular weight excluding hydrogens is 430 g/mol. The van der Waals surface area contributed by atoms with Crippen molar-refractivity contribution in [2.24, 2.45) is 7.05 Å². The molecule has 34 heavy (non-hydrogen) atoms. The van der Waals surface area contributed by atoms with Crippen LogP contribution in [0.2, 0.25) is 0 Å². The van der Waals surface area contributed by atoms with E-state index in [-0.39, 0.29) is 22.6 Å². The van der Waals surface area contributed by atoms with Crippen molar-refractivity contribution in [1.29, 1.82) is 0 Å². The second kappa shape index (κ2) is 8.18. The lowest BCUT2D eigenvalue weighted by Crippen LogP contribution is -2.54. The van der Waals surface area contributed by atoms with Crippen LogP contribution in [0, 0.1) is 0 Å². The number of anilines is 4. The fourth-order valence-electron chi connectivity index (χ4n) is 4.94. The quantitative estimate of drug-likeness (QED) is 0.599. The Morgan fingerprint density at radius 2 is 2.00 bits per heavy atom. The van der Waals surface area contributed by atoms with Gasteiger partial charge in [0.05, 0.1) is 29.6 Å². The summed E-state index contributed by atoms with van der Waals surface area (Å²) in [5, 5.41) is 6.43. The topological polar surface area (TPSA) is 97.2 Å². The first-order valence-corrected chi connectivity index (χ1v) is 11.6. The molecule has 0 unspecified atom stereocenters. The molecular formula is C25H31N7O2. The molecule has 178 valence electrons. The molecule has 2 aliphatic rings. The van der Waals surface area contributed by atoms with Gasteiger partial charge in [-0.2, -0.15) is 4.98 Å². The summed E-state index contributed by atoms with van der Waals surface area (Å²) in [6.07, 6.45) is 4.47. The third kappa shape index (κ3) is 3.84. The van der Waals surface area contributed by atoms with Gasteiger partial charge in [0.25, 0.3) is 0 Å². The molecule has 0 amide bonds. The molecule has 5 heterocycles. The van der Waals surface area contributed by atoms with E-state index in [9.17, 15) is 4.79 Å². The van der Waals surface area contributed by atoms with E-state index in [0.29, 0.717) is 19.1 Å². The molecule has 2 aliphatic heterocycles. The van der Waals surface area contributed by atoms with Crippen molar-refractivity contribution >= 4 is 23.3 Å². The highest BCUT2D eigenvalue weighted by Crippen LogP contribution is 2.52. The molecule has 9 nitrogen and oxygen atoms in total. The number of rotatable bonds is 5. The minimum atomic E-state index is -0.263. The number of aromatic nitrogens is 4. The Bertz CT molecular complexity index is 1290. The monoisotopic (exact) mass is 461 g/mol. The van der Waals surface area contributed by atoms with Gasteiger partial charge >= 0.3 is 0 Å². The molecule has 0 radical (unpaired) electrons. The van der Waals surface area contributed by atoms with Crippen LogP contribution in [0.1, 0.15) is 38.4 Å². The zero-order chi connectivity index (χ0) is 24.1. The summed E-state index contributed by atoms with van der Waals surface area (Å²) in [4.78, 5) is 28.5. The number of hydrogen-bond acceptors (Lipinski definition) is 8. The molecule has 0 saturated carbocycles. The van der Waals surface area contributed by atoms with Crippen molar-refractivity contribution in [2.45, 2.75) is 50.8 Å². The Labute approximate surface area is 199 Å². The van der Waals surface area contributed by atoms with E-state index in [0.717, 1.165) is 35.0 Å². The number of nitrogens with one attached hydrogen (secondary N) is 2. The first-order chi connectivity index (χ1) is 16.2. The van der Waals surface area contributed by atoms with Crippen molar-refractivity contribution in [1.82, 2.24) is 24.8 Å². The Morgan fingerprint density at radius 3 is 2.76 bits per heavy atom. The molecule has 3 aromatic rings. The maximum absolute atomic E-state index is 11.8. The second-order valence-corrected chi connectivity index (χ2v) is 10.00. The number of fused-ring (bicyclic) bond motifs is 3. The van der Waals surface area contributed by atoms with E-state index in [2.05, 4.69) is 41.3 Å². The van der Waals surface area contributed by atoms with E-state index < -0.39 is 0 Å². The molecule has 3 aromatic heterocycles. The summed E-state index contributed by atoms with van der Waals surface area (Å²) in [6.45, 7) is 7.77. The van der Waals surface area contributed by atoms with Gasteiger partial charge in [-0.25, -0.2) is 9.97 Å². The Morgan fingerprint density at radius 1 is 1.18 bits per heavy atom. The number of nitrogens with zero attached hydrogens (tertiary/aromatic N) is 5. The molecule has 1 saturated heterocycles. The minimum absolute atomic E-state index is 0.0706. The number of hydrogen-bond donors (Lipinski definition) is 2. The first kappa shape index (κ1) is 22.5. The summed E-state index contributed by atoms with van der Waals surface area (Å²) in [5.74, 6) is 2.17. The van der Waals surface area contributed by atoms with Crippen LogP contribution < -0.4 is 21.1 Å². The normalized spacial score (nSPS) is 22.9. The highest BCUT2D eigenvalue weighted by atomic mass is 16.5. The molecule has 9 heteroatoms. The summed E-state index contributed by atoms with van der Waals surface area (Å²) in [5.41, 5.74) is 2.18. The van der Waals surface area contributed by atoms with Crippen LogP contribution in [0.5, 0.6) is 0 Å². The maximum Gasteiger partial charge on any atom is 0.250 e. The van der Waals surface area contributed by atoms with E-state index in [1.54, 1.807) is 19.3 Å². The summed E-state index contributed by atoms with van der Waals surface area (Å²) >= 11 is 0. The van der Waals surface area contributed by atoms with Gasteiger partial charge in [0.2, 0.25) is 11.5 Å². The third-order valence-electron chi connectivity index (χ3n) is 6.85. The van der Waals surface area contributed by atoms with E-state index in [1.807, 2.05) is 31.4 Å². The number of aryl methyl sites for hydroxylation is 1. The Kier molecular flexibility index (Phi) is 5.41. The lowest BCUT2D eigenvalue weighted by molar-refractivity contribution is -0.0893. The van der Waals surface area contributed by atoms with Gasteiger partial charge in [-0.15, -0.1) is 0 Å². The van der Waals surface area contributed by atoms with Gasteiger partial charge in [0.1, 0.15) is 11.6 Å². The van der Waals surface area contributed by atoms with Gasteiger partial charge in [0, 0.05) is 43.0 Å². The SMILES string of the molecule is CNCc1cccc(N2c3nc(Nc4ccc(=O)n(C)c4)ncc3[C@@]3(C)COC(C)(C)C[C@@H]23)n1. The van der Waals surface area contributed by atoms with Gasteiger partial charge in [-0.1, -0.05) is 13.0 Å². The standard InChI is InChI=1S/C25H31N7O2/c1-24(2)11-19-25(3,15-34-24)18-13-27-23(29-17-9-10-21(33)31(5)14-17)30-22(18)32(19)20-8-6-7-16(28-20)12-26-4/h6-10,13-14,19,26H,11-12,15H2,1-5H3,(H,27,29,30)/t19-,25-/m1/s1. The van der Waals surface area contributed by atoms with E-state index >= 15 is 0 Å². The number of pyridine rings is 2. The van der Waals surface area contributed by atoms with Crippen LogP contribution in [-0.4, -0.2) is 44.8 Å². The molecule has 0 spiro atoms. The molecule has 1 fully saturated rings. The lowest BCUT2D eigenvalue weighted by Gasteiger charge is -2.46. The molecule has 0 aliphatic carbocycles. The van der Waals surface area contributed by atoms with Crippen LogP contribution in [0.3, 0.4) is 0 Å². The van der Waals surface area contributed by atoms with Gasteiger partial charge in [-0.05, 0) is 45.5 Å². The third-order valence-corrected chi connectivity index (χ3v) is 6.85. The van der Waals surface area contributed by atoms with Crippen LogP contribution in [0.25, 0.3) is 0 Å². The van der Waals surface area contributed by atoms with Crippen molar-refractivity contribution in [3.63, 3.8) is 0 Å². The Hall–Kier alpha value is -3.30. The van der Waals surface area contributed by atoms with Gasteiger partial charge < -0.3 is 24.8 Å². The fraction of sp³-hybridized carbons (Fsp3) is 0.440. The average molecular weight is 462 g/mol. The predicted molar refractivity (Wildman–Crippen MR) is 132 cm³/mol. The van der Waals surface area contributed by atoms with E-state index in [1.165, 1.54) is 10.6 Å².